The van der Waals surface area contributed by atoms with Gasteiger partial charge in [-0.1, -0.05) is 69.9 Å². The molecule has 0 aliphatic carbocycles. The number of benzene rings is 1. The van der Waals surface area contributed by atoms with E-state index in [2.05, 4.69) is 87.6 Å². The van der Waals surface area contributed by atoms with Crippen LogP contribution < -0.4 is 0 Å². The molecule has 0 nitrogen and oxygen atoms in total. The van der Waals surface area contributed by atoms with E-state index < -0.39 is 22.3 Å². The summed E-state index contributed by atoms with van der Waals surface area (Å²) in [5.74, 6) is 3.48. The smallest absolute Gasteiger partial charge is 0.118 e. The second-order valence-corrected chi connectivity index (χ2v) is 35.2. The first-order chi connectivity index (χ1) is 8.08. The van der Waals surface area contributed by atoms with Gasteiger partial charge in [-0.3, -0.25) is 0 Å². The van der Waals surface area contributed by atoms with Gasteiger partial charge in [0.15, 0.2) is 0 Å². The summed E-state index contributed by atoms with van der Waals surface area (Å²) in [5.41, 5.74) is 4.98. The van der Waals surface area contributed by atoms with Crippen molar-refractivity contribution in [2.75, 3.05) is 0 Å². The maximum absolute atomic E-state index is 3.80. The summed E-state index contributed by atoms with van der Waals surface area (Å²) >= 11 is 0. The minimum Gasteiger partial charge on any atom is -0.132 e. The van der Waals surface area contributed by atoms with Crippen molar-refractivity contribution in [3.05, 3.63) is 35.9 Å². The molecule has 0 aliphatic rings. The van der Waals surface area contributed by atoms with Gasteiger partial charge in [0, 0.05) is 5.56 Å². The molecular weight excluding hydrogens is 264 g/mol. The van der Waals surface area contributed by atoms with E-state index >= 15 is 0 Å². The Kier molecular flexibility index (Phi) is 4.47. The van der Waals surface area contributed by atoms with Crippen LogP contribution in [0.5, 0.6) is 0 Å². The van der Waals surface area contributed by atoms with Crippen LogP contribution in [0.2, 0.25) is 45.8 Å². The van der Waals surface area contributed by atoms with Crippen molar-refractivity contribution >= 4 is 22.3 Å². The van der Waals surface area contributed by atoms with Gasteiger partial charge in [0.2, 0.25) is 0 Å². The fourth-order valence-corrected chi connectivity index (χ4v) is 35.2. The summed E-state index contributed by atoms with van der Waals surface area (Å²) in [7, 11) is -3.76. The minimum absolute atomic E-state index is 1.17. The quantitative estimate of drug-likeness (QED) is 0.556. The van der Waals surface area contributed by atoms with Gasteiger partial charge >= 0.3 is 0 Å². The largest absolute Gasteiger partial charge is 0.132 e. The zero-order valence-corrected chi connectivity index (χ0v) is 15.9. The van der Waals surface area contributed by atoms with Crippen molar-refractivity contribution in [2.45, 2.75) is 45.8 Å². The summed E-state index contributed by atoms with van der Waals surface area (Å²) < 4.78 is 0. The summed E-state index contributed by atoms with van der Waals surface area (Å²) in [6, 6.07) is 10.4. The molecule has 98 valence electrons. The van der Waals surface area contributed by atoms with Gasteiger partial charge < -0.3 is 0 Å². The van der Waals surface area contributed by atoms with Gasteiger partial charge in [0.25, 0.3) is 0 Å². The van der Waals surface area contributed by atoms with Crippen molar-refractivity contribution in [3.8, 4) is 11.5 Å². The Balaban J connectivity index is 3.22. The van der Waals surface area contributed by atoms with Crippen LogP contribution in [0.3, 0.4) is 0 Å². The van der Waals surface area contributed by atoms with Gasteiger partial charge in [0.1, 0.15) is 7.11 Å². The highest BCUT2D eigenvalue weighted by Gasteiger charge is 2.50. The van der Waals surface area contributed by atoms with E-state index in [-0.39, 0.29) is 0 Å². The molecule has 0 saturated carbocycles. The maximum atomic E-state index is 3.80. The lowest BCUT2D eigenvalue weighted by molar-refractivity contribution is 1.65. The zero-order valence-electron chi connectivity index (χ0n) is 12.9. The van der Waals surface area contributed by atoms with Crippen LogP contribution >= 0.6 is 0 Å². The molecule has 3 heteroatoms. The van der Waals surface area contributed by atoms with E-state index in [0.717, 1.165) is 0 Å². The van der Waals surface area contributed by atoms with Gasteiger partial charge in [-0.25, -0.2) is 0 Å². The topological polar surface area (TPSA) is 0 Å². The Morgan fingerprint density at radius 3 is 1.56 bits per heavy atom. The van der Waals surface area contributed by atoms with Gasteiger partial charge in [-0.15, -0.1) is 5.54 Å². The third kappa shape index (κ3) is 3.25. The van der Waals surface area contributed by atoms with E-state index in [0.29, 0.717) is 0 Å². The van der Waals surface area contributed by atoms with Crippen LogP contribution in [0.15, 0.2) is 30.3 Å². The molecule has 0 radical (unpaired) electrons. The molecule has 0 fully saturated rings. The van der Waals surface area contributed by atoms with Gasteiger partial charge in [-0.2, -0.15) is 0 Å². The predicted molar refractivity (Wildman–Crippen MR) is 91.6 cm³/mol. The molecule has 1 aromatic rings. The first-order valence-electron chi connectivity index (χ1n) is 6.66. The van der Waals surface area contributed by atoms with Crippen molar-refractivity contribution < 1.29 is 0 Å². The first kappa shape index (κ1) is 15.5. The molecule has 0 aromatic heterocycles. The molecule has 0 atom stereocenters. The summed E-state index contributed by atoms with van der Waals surface area (Å²) in [6.45, 7) is 17.6. The van der Waals surface area contributed by atoms with Crippen LogP contribution in [-0.4, -0.2) is 22.3 Å². The Morgan fingerprint density at radius 2 is 1.17 bits per heavy atom. The third-order valence-corrected chi connectivity index (χ3v) is 43.1. The second kappa shape index (κ2) is 5.20. The highest BCUT2D eigenvalue weighted by atomic mass is 29.6. The van der Waals surface area contributed by atoms with E-state index in [1.165, 1.54) is 5.56 Å². The average molecular weight is 291 g/mol. The fraction of sp³-hybridized carbons (Fsp3) is 0.467. The maximum Gasteiger partial charge on any atom is 0.118 e. The second-order valence-electron chi connectivity index (χ2n) is 7.24. The first-order valence-corrected chi connectivity index (χ1v) is 18.2. The molecule has 18 heavy (non-hydrogen) atoms. The molecule has 0 heterocycles. The number of hydrogen-bond acceptors (Lipinski definition) is 0. The van der Waals surface area contributed by atoms with E-state index in [4.69, 9.17) is 0 Å². The number of rotatable bonds is 2. The van der Waals surface area contributed by atoms with Crippen molar-refractivity contribution in [1.29, 1.82) is 0 Å². The predicted octanol–water partition coefficient (Wildman–Crippen LogP) is 4.49. The minimum atomic E-state index is -1.42. The molecule has 0 amide bonds. The van der Waals surface area contributed by atoms with E-state index in [9.17, 15) is 0 Å². The highest BCUT2D eigenvalue weighted by molar-refractivity contribution is 7.71. The van der Waals surface area contributed by atoms with Crippen molar-refractivity contribution in [3.63, 3.8) is 0 Å². The molecule has 0 N–H and O–H groups in total. The Morgan fingerprint density at radius 1 is 0.722 bits per heavy atom. The normalized spacial score (nSPS) is 12.8. The highest BCUT2D eigenvalue weighted by Crippen LogP contribution is 2.28. The lowest BCUT2D eigenvalue weighted by Crippen LogP contribution is -2.69. The number of hydrogen-bond donors (Lipinski definition) is 0. The third-order valence-electron chi connectivity index (χ3n) is 4.23. The summed E-state index contributed by atoms with van der Waals surface area (Å²) in [6.07, 6.45) is 0. The monoisotopic (exact) mass is 290 g/mol. The Bertz CT molecular complexity index is 438. The average Bonchev–Trinajstić information content (AvgIpc) is 2.24. The lowest BCUT2D eigenvalue weighted by atomic mass is 10.2. The van der Waals surface area contributed by atoms with Crippen LogP contribution in [0, 0.1) is 11.5 Å². The zero-order chi connectivity index (χ0) is 14.0. The van der Waals surface area contributed by atoms with Gasteiger partial charge in [-0.05, 0) is 12.1 Å². The Labute approximate surface area is 115 Å². The van der Waals surface area contributed by atoms with Crippen molar-refractivity contribution in [2.24, 2.45) is 0 Å². The van der Waals surface area contributed by atoms with Crippen LogP contribution in [-0.2, 0) is 0 Å². The molecular formula is C15H26Si3. The molecule has 0 aliphatic heterocycles. The molecule has 0 spiro atoms. The van der Waals surface area contributed by atoms with E-state index in [1.54, 1.807) is 0 Å². The SMILES string of the molecule is C[Si](C)(C)[Si](C)(C#Cc1ccccc1)[Si](C)(C)C. The van der Waals surface area contributed by atoms with Crippen LogP contribution in [0.4, 0.5) is 0 Å². The molecule has 1 aromatic carbocycles. The molecule has 0 saturated heterocycles. The molecule has 0 unspecified atom stereocenters. The summed E-state index contributed by atoms with van der Waals surface area (Å²) in [4.78, 5) is 0. The van der Waals surface area contributed by atoms with Gasteiger partial charge in [0.05, 0.1) is 15.2 Å². The Hall–Kier alpha value is -0.569. The molecule has 1 rings (SSSR count). The fourth-order valence-electron chi connectivity index (χ4n) is 2.22. The van der Waals surface area contributed by atoms with E-state index in [1.807, 2.05) is 0 Å². The summed E-state index contributed by atoms with van der Waals surface area (Å²) in [5, 5.41) is 0. The van der Waals surface area contributed by atoms with Crippen LogP contribution in [0.25, 0.3) is 0 Å². The van der Waals surface area contributed by atoms with Crippen molar-refractivity contribution in [1.82, 2.24) is 0 Å². The standard InChI is InChI=1S/C15H26Si3/c1-16(2,3)18(7,17(4,5)6)14-13-15-11-9-8-10-12-15/h8-12H,1-7H3. The van der Waals surface area contributed by atoms with Crippen LogP contribution in [0.1, 0.15) is 5.56 Å². The molecule has 0 bridgehead atoms. The lowest BCUT2D eigenvalue weighted by Gasteiger charge is -2.43.